The Morgan fingerprint density at radius 2 is 0.951 bits per heavy atom. The molecule has 0 bridgehead atoms. The first-order chi connectivity index (χ1) is 19.3. The first-order valence-electron chi connectivity index (χ1n) is 16.4. The third-order valence-corrected chi connectivity index (χ3v) is 15.0. The lowest BCUT2D eigenvalue weighted by Gasteiger charge is -2.56. The minimum absolute atomic E-state index is 0.00912. The van der Waals surface area contributed by atoms with Crippen molar-refractivity contribution in [2.75, 3.05) is 0 Å². The molecule has 2 heterocycles. The highest BCUT2D eigenvalue weighted by molar-refractivity contribution is 6.92. The average Bonchev–Trinajstić information content (AvgIpc) is 2.98. The van der Waals surface area contributed by atoms with Gasteiger partial charge >= 0.3 is 8.56 Å². The molecular formula is C36H58N2O2Si. The van der Waals surface area contributed by atoms with E-state index >= 15 is 0 Å². The summed E-state index contributed by atoms with van der Waals surface area (Å²) >= 11 is 0. The Morgan fingerprint density at radius 1 is 0.610 bits per heavy atom. The number of nitrogens with one attached hydrogen (secondary N) is 2. The fourth-order valence-corrected chi connectivity index (χ4v) is 11.2. The summed E-state index contributed by atoms with van der Waals surface area (Å²) in [4.78, 5) is 0. The fourth-order valence-electron chi connectivity index (χ4n) is 7.55. The molecule has 8 atom stereocenters. The van der Waals surface area contributed by atoms with E-state index in [-0.39, 0.29) is 34.4 Å². The smallest absolute Gasteiger partial charge is 0.384 e. The maximum atomic E-state index is 7.77. The van der Waals surface area contributed by atoms with E-state index in [9.17, 15) is 0 Å². The van der Waals surface area contributed by atoms with Crippen molar-refractivity contribution < 1.29 is 8.85 Å². The number of benzene rings is 2. The molecule has 2 aromatic rings. The van der Waals surface area contributed by atoms with Crippen LogP contribution in [0.25, 0.3) is 0 Å². The average molecular weight is 579 g/mol. The van der Waals surface area contributed by atoms with Crippen LogP contribution in [0.4, 0.5) is 0 Å². The van der Waals surface area contributed by atoms with E-state index in [1.165, 1.54) is 10.4 Å². The molecule has 0 aromatic heterocycles. The molecule has 2 aliphatic rings. The fraction of sp³-hybridized carbons (Fsp3) is 0.667. The number of rotatable bonds is 10. The van der Waals surface area contributed by atoms with Crippen LogP contribution in [0.1, 0.15) is 108 Å². The highest BCUT2D eigenvalue weighted by Gasteiger charge is 2.56. The zero-order valence-electron chi connectivity index (χ0n) is 27.6. The lowest BCUT2D eigenvalue weighted by atomic mass is 9.70. The van der Waals surface area contributed by atoms with E-state index in [4.69, 9.17) is 8.85 Å². The monoisotopic (exact) mass is 578 g/mol. The third-order valence-electron chi connectivity index (χ3n) is 11.6. The maximum Gasteiger partial charge on any atom is 0.407 e. The lowest BCUT2D eigenvalue weighted by molar-refractivity contribution is -0.0580. The van der Waals surface area contributed by atoms with Crippen LogP contribution in [0.5, 0.6) is 0 Å². The van der Waals surface area contributed by atoms with Crippen molar-refractivity contribution in [3.8, 4) is 0 Å². The molecule has 0 amide bonds. The molecule has 2 fully saturated rings. The predicted octanol–water partition coefficient (Wildman–Crippen LogP) is 6.95. The van der Waals surface area contributed by atoms with Crippen molar-refractivity contribution in [2.24, 2.45) is 11.8 Å². The van der Waals surface area contributed by atoms with Gasteiger partial charge in [0.1, 0.15) is 0 Å². The quantitative estimate of drug-likeness (QED) is 0.300. The van der Waals surface area contributed by atoms with Crippen LogP contribution >= 0.6 is 0 Å². The molecule has 0 radical (unpaired) electrons. The standard InChI is InChI=1S/C36H58N2O2Si/c1-11-33(7)25-31(27(5)35(9,13-3)37-33)39-41(29-21-17-15-18-22-29,30-23-19-16-20-24-30)40-32-26-34(8,12-2)38-36(10,14-4)28(32)6/h15-24,27-28,31-32,37-38H,11-14,25-26H2,1-10H3. The molecule has 5 heteroatoms. The van der Waals surface area contributed by atoms with Crippen molar-refractivity contribution >= 4 is 18.9 Å². The van der Waals surface area contributed by atoms with Gasteiger partial charge in [-0.1, -0.05) is 102 Å². The highest BCUT2D eigenvalue weighted by atomic mass is 28.4. The van der Waals surface area contributed by atoms with Gasteiger partial charge in [-0.3, -0.25) is 0 Å². The van der Waals surface area contributed by atoms with Crippen LogP contribution in [-0.2, 0) is 8.85 Å². The Hall–Kier alpha value is -1.50. The topological polar surface area (TPSA) is 42.5 Å². The molecule has 8 unspecified atom stereocenters. The van der Waals surface area contributed by atoms with Gasteiger partial charge in [-0.05, 0) is 88.4 Å². The van der Waals surface area contributed by atoms with Gasteiger partial charge in [0.25, 0.3) is 0 Å². The van der Waals surface area contributed by atoms with E-state index < -0.39 is 8.56 Å². The van der Waals surface area contributed by atoms with Crippen LogP contribution in [0.15, 0.2) is 60.7 Å². The SMILES string of the molecule is CCC1(C)CC(O[Si](OC2CC(C)(CC)NC(C)(CC)C2C)(c2ccccc2)c2ccccc2)C(C)C(C)(CC)N1. The van der Waals surface area contributed by atoms with Crippen LogP contribution in [0.2, 0.25) is 0 Å². The zero-order valence-corrected chi connectivity index (χ0v) is 28.6. The number of piperidine rings is 2. The molecule has 0 saturated carbocycles. The largest absolute Gasteiger partial charge is 0.407 e. The summed E-state index contributed by atoms with van der Waals surface area (Å²) in [6, 6.07) is 21.9. The first kappa shape index (κ1) is 32.4. The molecule has 2 aliphatic heterocycles. The van der Waals surface area contributed by atoms with Crippen LogP contribution in [0.3, 0.4) is 0 Å². The van der Waals surface area contributed by atoms with Gasteiger partial charge < -0.3 is 19.5 Å². The lowest BCUT2D eigenvalue weighted by Crippen LogP contribution is -2.73. The van der Waals surface area contributed by atoms with Gasteiger partial charge in [0, 0.05) is 22.2 Å². The number of hydrogen-bond acceptors (Lipinski definition) is 4. The van der Waals surface area contributed by atoms with Crippen LogP contribution in [-0.4, -0.2) is 42.9 Å². The molecule has 4 nitrogen and oxygen atoms in total. The van der Waals surface area contributed by atoms with Crippen LogP contribution in [0, 0.1) is 11.8 Å². The Bertz CT molecular complexity index is 1040. The minimum atomic E-state index is -3.16. The second kappa shape index (κ2) is 12.2. The van der Waals surface area contributed by atoms with E-state index in [0.717, 1.165) is 38.5 Å². The van der Waals surface area contributed by atoms with E-state index in [0.29, 0.717) is 11.8 Å². The van der Waals surface area contributed by atoms with Crippen molar-refractivity contribution in [1.82, 2.24) is 10.6 Å². The summed E-state index contributed by atoms with van der Waals surface area (Å²) in [6.45, 7) is 23.6. The van der Waals surface area contributed by atoms with Gasteiger partial charge in [-0.15, -0.1) is 0 Å². The van der Waals surface area contributed by atoms with Crippen molar-refractivity contribution in [2.45, 2.75) is 142 Å². The second-order valence-electron chi connectivity index (χ2n) is 14.3. The van der Waals surface area contributed by atoms with Gasteiger partial charge in [0.15, 0.2) is 0 Å². The van der Waals surface area contributed by atoms with Crippen LogP contribution < -0.4 is 21.0 Å². The van der Waals surface area contributed by atoms with Crippen molar-refractivity contribution in [3.63, 3.8) is 0 Å². The zero-order chi connectivity index (χ0) is 30.1. The summed E-state index contributed by atoms with van der Waals surface area (Å²) in [7, 11) is -3.16. The molecule has 228 valence electrons. The van der Waals surface area contributed by atoms with E-state index in [1.54, 1.807) is 0 Å². The Labute approximate surface area is 252 Å². The summed E-state index contributed by atoms with van der Waals surface area (Å²) in [5.41, 5.74) is 0.00769. The Balaban J connectivity index is 1.89. The summed E-state index contributed by atoms with van der Waals surface area (Å²) in [5, 5.41) is 10.5. The molecule has 0 spiro atoms. The summed E-state index contributed by atoms with van der Waals surface area (Å²) < 4.78 is 15.5. The molecular weight excluding hydrogens is 520 g/mol. The van der Waals surface area contributed by atoms with E-state index in [1.807, 2.05) is 0 Å². The third kappa shape index (κ3) is 6.26. The van der Waals surface area contributed by atoms with Gasteiger partial charge in [0.2, 0.25) is 0 Å². The molecule has 2 saturated heterocycles. The molecule has 2 N–H and O–H groups in total. The van der Waals surface area contributed by atoms with Crippen molar-refractivity contribution in [3.05, 3.63) is 60.7 Å². The summed E-state index contributed by atoms with van der Waals surface area (Å²) in [6.07, 6.45) is 6.34. The predicted molar refractivity (Wildman–Crippen MR) is 176 cm³/mol. The second-order valence-corrected chi connectivity index (χ2v) is 17.1. The first-order valence-corrected chi connectivity index (χ1v) is 18.2. The minimum Gasteiger partial charge on any atom is -0.384 e. The molecule has 4 rings (SSSR count). The summed E-state index contributed by atoms with van der Waals surface area (Å²) in [5.74, 6) is 0.671. The van der Waals surface area contributed by atoms with E-state index in [2.05, 4.69) is 141 Å². The number of hydrogen-bond donors (Lipinski definition) is 2. The molecule has 0 aliphatic carbocycles. The highest BCUT2D eigenvalue weighted by Crippen LogP contribution is 2.43. The molecule has 2 aromatic carbocycles. The van der Waals surface area contributed by atoms with Crippen molar-refractivity contribution in [1.29, 1.82) is 0 Å². The Kier molecular flexibility index (Phi) is 9.68. The van der Waals surface area contributed by atoms with Gasteiger partial charge in [-0.2, -0.15) is 0 Å². The van der Waals surface area contributed by atoms with Gasteiger partial charge in [0.05, 0.1) is 12.2 Å². The Morgan fingerprint density at radius 3 is 1.24 bits per heavy atom. The normalized spacial score (nSPS) is 38.1. The molecule has 41 heavy (non-hydrogen) atoms. The maximum absolute atomic E-state index is 7.77. The van der Waals surface area contributed by atoms with Gasteiger partial charge in [-0.25, -0.2) is 0 Å².